The second-order valence-electron chi connectivity index (χ2n) is 4.14. The van der Waals surface area contributed by atoms with Crippen molar-refractivity contribution in [3.8, 4) is 0 Å². The smallest absolute Gasteiger partial charge is 0.224 e. The number of sulfonamides is 1. The second kappa shape index (κ2) is 5.07. The molecule has 100 valence electrons. The summed E-state index contributed by atoms with van der Waals surface area (Å²) in [5.74, 6) is 1.39. The molecule has 2 rings (SSSR count). The van der Waals surface area contributed by atoms with Crippen LogP contribution in [0.1, 0.15) is 0 Å². The molecule has 8 heteroatoms. The third kappa shape index (κ3) is 2.88. The number of aromatic nitrogens is 2. The first-order chi connectivity index (χ1) is 8.50. The minimum absolute atomic E-state index is 0.498. The Labute approximate surface area is 107 Å². The van der Waals surface area contributed by atoms with E-state index in [2.05, 4.69) is 20.2 Å². The molecular weight excluding hydrogens is 254 g/mol. The van der Waals surface area contributed by atoms with Gasteiger partial charge in [-0.15, -0.1) is 0 Å². The molecule has 1 N–H and O–H groups in total. The molecule has 1 fully saturated rings. The predicted molar refractivity (Wildman–Crippen MR) is 70.2 cm³/mol. The van der Waals surface area contributed by atoms with Crippen LogP contribution in [0.2, 0.25) is 0 Å². The van der Waals surface area contributed by atoms with Gasteiger partial charge < -0.3 is 10.2 Å². The van der Waals surface area contributed by atoms with Gasteiger partial charge in [0, 0.05) is 39.4 Å². The van der Waals surface area contributed by atoms with E-state index in [0.717, 1.165) is 5.82 Å². The van der Waals surface area contributed by atoms with Crippen LogP contribution in [-0.4, -0.2) is 62.2 Å². The van der Waals surface area contributed by atoms with E-state index in [1.807, 2.05) is 6.07 Å². The topological polar surface area (TPSA) is 78.4 Å². The van der Waals surface area contributed by atoms with Crippen LogP contribution in [-0.2, 0) is 10.0 Å². The van der Waals surface area contributed by atoms with Crippen molar-refractivity contribution in [1.82, 2.24) is 14.3 Å². The number of piperazine rings is 1. The van der Waals surface area contributed by atoms with Gasteiger partial charge in [0.1, 0.15) is 5.82 Å². The standard InChI is InChI=1S/C10H17N5O2S/c1-11-10-12-4-3-9(13-10)14-5-7-15(8-6-14)18(2,16)17/h3-4H,5-8H2,1-2H3,(H,11,12,13). The fourth-order valence-electron chi connectivity index (χ4n) is 1.89. The largest absolute Gasteiger partial charge is 0.357 e. The van der Waals surface area contributed by atoms with E-state index in [9.17, 15) is 8.42 Å². The zero-order chi connectivity index (χ0) is 13.2. The molecule has 0 saturated carbocycles. The van der Waals surface area contributed by atoms with E-state index in [1.54, 1.807) is 13.2 Å². The van der Waals surface area contributed by atoms with Crippen molar-refractivity contribution in [2.45, 2.75) is 0 Å². The molecule has 0 aliphatic carbocycles. The molecule has 1 aliphatic heterocycles. The summed E-state index contributed by atoms with van der Waals surface area (Å²) in [6, 6.07) is 1.83. The van der Waals surface area contributed by atoms with Gasteiger partial charge in [0.05, 0.1) is 6.26 Å². The van der Waals surface area contributed by atoms with Crippen LogP contribution < -0.4 is 10.2 Å². The van der Waals surface area contributed by atoms with Crippen molar-refractivity contribution < 1.29 is 8.42 Å². The molecule has 2 heterocycles. The zero-order valence-corrected chi connectivity index (χ0v) is 11.3. The van der Waals surface area contributed by atoms with Crippen LogP contribution in [0.5, 0.6) is 0 Å². The van der Waals surface area contributed by atoms with Gasteiger partial charge in [-0.2, -0.15) is 9.29 Å². The lowest BCUT2D eigenvalue weighted by atomic mass is 10.3. The molecule has 18 heavy (non-hydrogen) atoms. The number of hydrogen-bond acceptors (Lipinski definition) is 6. The van der Waals surface area contributed by atoms with Crippen molar-refractivity contribution >= 4 is 21.8 Å². The maximum atomic E-state index is 11.4. The molecule has 1 aromatic heterocycles. The van der Waals surface area contributed by atoms with Gasteiger partial charge in [-0.05, 0) is 6.07 Å². The molecule has 1 aliphatic rings. The molecule has 1 aromatic rings. The van der Waals surface area contributed by atoms with Gasteiger partial charge in [0.25, 0.3) is 0 Å². The molecule has 0 spiro atoms. The number of nitrogens with one attached hydrogen (secondary N) is 1. The molecule has 0 aromatic carbocycles. The van der Waals surface area contributed by atoms with Crippen LogP contribution in [0.15, 0.2) is 12.3 Å². The fraction of sp³-hybridized carbons (Fsp3) is 0.600. The highest BCUT2D eigenvalue weighted by Crippen LogP contribution is 2.15. The number of anilines is 2. The summed E-state index contributed by atoms with van der Waals surface area (Å²) in [7, 11) is -1.32. The Hall–Kier alpha value is -1.41. The molecule has 0 amide bonds. The third-order valence-corrected chi connectivity index (χ3v) is 4.20. The first kappa shape index (κ1) is 13.0. The average Bonchev–Trinajstić information content (AvgIpc) is 2.38. The average molecular weight is 271 g/mol. The first-order valence-corrected chi connectivity index (χ1v) is 7.56. The normalized spacial score (nSPS) is 17.8. The molecule has 7 nitrogen and oxygen atoms in total. The van der Waals surface area contributed by atoms with E-state index in [-0.39, 0.29) is 0 Å². The van der Waals surface area contributed by atoms with Crippen LogP contribution >= 0.6 is 0 Å². The van der Waals surface area contributed by atoms with Crippen molar-refractivity contribution in [2.24, 2.45) is 0 Å². The minimum atomic E-state index is -3.08. The highest BCUT2D eigenvalue weighted by molar-refractivity contribution is 7.88. The van der Waals surface area contributed by atoms with Gasteiger partial charge in [-0.1, -0.05) is 0 Å². The molecule has 0 unspecified atom stereocenters. The van der Waals surface area contributed by atoms with Crippen molar-refractivity contribution in [2.75, 3.05) is 49.7 Å². The molecular formula is C10H17N5O2S. The highest BCUT2D eigenvalue weighted by atomic mass is 32.2. The van der Waals surface area contributed by atoms with E-state index in [1.165, 1.54) is 10.6 Å². The Morgan fingerprint density at radius 3 is 2.50 bits per heavy atom. The lowest BCUT2D eigenvalue weighted by Crippen LogP contribution is -2.48. The SMILES string of the molecule is CNc1nccc(N2CCN(S(C)(=O)=O)CC2)n1. The monoisotopic (exact) mass is 271 g/mol. The lowest BCUT2D eigenvalue weighted by Gasteiger charge is -2.33. The number of rotatable bonds is 3. The van der Waals surface area contributed by atoms with E-state index >= 15 is 0 Å². The number of nitrogens with zero attached hydrogens (tertiary/aromatic N) is 4. The summed E-state index contributed by atoms with van der Waals surface area (Å²) in [5, 5.41) is 2.88. The number of hydrogen-bond donors (Lipinski definition) is 1. The van der Waals surface area contributed by atoms with Gasteiger partial charge in [0.2, 0.25) is 16.0 Å². The van der Waals surface area contributed by atoms with E-state index in [4.69, 9.17) is 0 Å². The second-order valence-corrected chi connectivity index (χ2v) is 6.12. The van der Waals surface area contributed by atoms with Crippen molar-refractivity contribution in [3.05, 3.63) is 12.3 Å². The summed E-state index contributed by atoms with van der Waals surface area (Å²) in [6.45, 7) is 2.29. The van der Waals surface area contributed by atoms with E-state index < -0.39 is 10.0 Å². The Kier molecular flexibility index (Phi) is 3.67. The highest BCUT2D eigenvalue weighted by Gasteiger charge is 2.24. The molecule has 0 radical (unpaired) electrons. The third-order valence-electron chi connectivity index (χ3n) is 2.90. The summed E-state index contributed by atoms with van der Waals surface area (Å²) < 4.78 is 24.3. The van der Waals surface area contributed by atoms with Crippen LogP contribution in [0.4, 0.5) is 11.8 Å². The van der Waals surface area contributed by atoms with E-state index in [0.29, 0.717) is 32.1 Å². The van der Waals surface area contributed by atoms with Crippen LogP contribution in [0.25, 0.3) is 0 Å². The summed E-state index contributed by atoms with van der Waals surface area (Å²) in [4.78, 5) is 10.4. The maximum absolute atomic E-state index is 11.4. The van der Waals surface area contributed by atoms with Crippen molar-refractivity contribution in [3.63, 3.8) is 0 Å². The summed E-state index contributed by atoms with van der Waals surface area (Å²) >= 11 is 0. The Balaban J connectivity index is 2.05. The molecule has 0 atom stereocenters. The summed E-state index contributed by atoms with van der Waals surface area (Å²) in [6.07, 6.45) is 2.93. The van der Waals surface area contributed by atoms with Crippen molar-refractivity contribution in [1.29, 1.82) is 0 Å². The Bertz CT molecular complexity index is 511. The van der Waals surface area contributed by atoms with Gasteiger partial charge in [-0.3, -0.25) is 0 Å². The lowest BCUT2D eigenvalue weighted by molar-refractivity contribution is 0.387. The molecule has 1 saturated heterocycles. The Morgan fingerprint density at radius 1 is 1.28 bits per heavy atom. The Morgan fingerprint density at radius 2 is 1.94 bits per heavy atom. The fourth-order valence-corrected chi connectivity index (χ4v) is 2.72. The first-order valence-electron chi connectivity index (χ1n) is 5.71. The maximum Gasteiger partial charge on any atom is 0.224 e. The predicted octanol–water partition coefficient (Wildman–Crippen LogP) is -0.400. The summed E-state index contributed by atoms with van der Waals surface area (Å²) in [5.41, 5.74) is 0. The van der Waals surface area contributed by atoms with Gasteiger partial charge in [0.15, 0.2) is 0 Å². The zero-order valence-electron chi connectivity index (χ0n) is 10.5. The molecule has 0 bridgehead atoms. The van der Waals surface area contributed by atoms with Crippen LogP contribution in [0, 0.1) is 0 Å². The van der Waals surface area contributed by atoms with Gasteiger partial charge in [-0.25, -0.2) is 13.4 Å². The van der Waals surface area contributed by atoms with Crippen LogP contribution in [0.3, 0.4) is 0 Å². The minimum Gasteiger partial charge on any atom is -0.357 e. The quantitative estimate of drug-likeness (QED) is 0.806. The van der Waals surface area contributed by atoms with Gasteiger partial charge >= 0.3 is 0 Å².